The molecule has 5 heteroatoms. The molecule has 1 atom stereocenters. The van der Waals surface area contributed by atoms with Crippen LogP contribution >= 0.6 is 12.4 Å². The topological polar surface area (TPSA) is 70.9 Å². The van der Waals surface area contributed by atoms with E-state index >= 15 is 0 Å². The molecule has 3 rings (SSSR count). The molecular weight excluding hydrogens is 298 g/mol. The molecule has 1 saturated carbocycles. The molecular formula is C17H24ClN3O. The van der Waals surface area contributed by atoms with Crippen molar-refractivity contribution in [3.05, 3.63) is 36.0 Å². The zero-order valence-corrected chi connectivity index (χ0v) is 13.5. The van der Waals surface area contributed by atoms with E-state index in [1.165, 1.54) is 25.7 Å². The van der Waals surface area contributed by atoms with Crippen LogP contribution in [-0.2, 0) is 11.2 Å². The summed E-state index contributed by atoms with van der Waals surface area (Å²) >= 11 is 0. The second-order valence-corrected chi connectivity index (χ2v) is 6.07. The van der Waals surface area contributed by atoms with Crippen molar-refractivity contribution in [2.45, 2.75) is 38.1 Å². The van der Waals surface area contributed by atoms with Crippen LogP contribution in [0, 0.1) is 5.92 Å². The fourth-order valence-corrected chi connectivity index (χ4v) is 3.22. The van der Waals surface area contributed by atoms with Gasteiger partial charge in [0.15, 0.2) is 0 Å². The van der Waals surface area contributed by atoms with Crippen LogP contribution in [0.5, 0.6) is 0 Å². The lowest BCUT2D eigenvalue weighted by molar-refractivity contribution is -0.122. The zero-order valence-electron chi connectivity index (χ0n) is 12.7. The first-order valence-electron chi connectivity index (χ1n) is 7.82. The first-order valence-corrected chi connectivity index (χ1v) is 7.82. The molecule has 1 heterocycles. The molecule has 4 N–H and O–H groups in total. The molecule has 1 fully saturated rings. The van der Waals surface area contributed by atoms with E-state index < -0.39 is 6.04 Å². The summed E-state index contributed by atoms with van der Waals surface area (Å²) in [5.74, 6) is 0.612. The van der Waals surface area contributed by atoms with E-state index in [1.54, 1.807) is 0 Å². The SMILES string of the molecule is Cl.N[C@@H](Cc1c[nH]c2ccccc12)C(=O)NCC1CCCC1. The Kier molecular flexibility index (Phi) is 5.86. The summed E-state index contributed by atoms with van der Waals surface area (Å²) in [6, 6.07) is 7.61. The van der Waals surface area contributed by atoms with Crippen LogP contribution in [0.3, 0.4) is 0 Å². The Labute approximate surface area is 137 Å². The predicted molar refractivity (Wildman–Crippen MR) is 92.2 cm³/mol. The van der Waals surface area contributed by atoms with Crippen LogP contribution in [0.1, 0.15) is 31.2 Å². The molecule has 0 saturated heterocycles. The first-order chi connectivity index (χ1) is 10.2. The third-order valence-corrected chi connectivity index (χ3v) is 4.49. The van der Waals surface area contributed by atoms with Gasteiger partial charge in [0.25, 0.3) is 0 Å². The summed E-state index contributed by atoms with van der Waals surface area (Å²) in [5.41, 5.74) is 8.25. The van der Waals surface area contributed by atoms with Gasteiger partial charge in [0.1, 0.15) is 0 Å². The van der Waals surface area contributed by atoms with Crippen LogP contribution in [0.4, 0.5) is 0 Å². The van der Waals surface area contributed by atoms with Gasteiger partial charge >= 0.3 is 0 Å². The number of halogens is 1. The number of benzene rings is 1. The van der Waals surface area contributed by atoms with Crippen molar-refractivity contribution >= 4 is 29.2 Å². The summed E-state index contributed by atoms with van der Waals surface area (Å²) in [6.45, 7) is 0.778. The lowest BCUT2D eigenvalue weighted by atomic mass is 10.0. The number of aromatic amines is 1. The number of nitrogens with two attached hydrogens (primary N) is 1. The molecule has 22 heavy (non-hydrogen) atoms. The fourth-order valence-electron chi connectivity index (χ4n) is 3.22. The van der Waals surface area contributed by atoms with E-state index in [2.05, 4.69) is 16.4 Å². The van der Waals surface area contributed by atoms with Gasteiger partial charge in [-0.25, -0.2) is 0 Å². The van der Waals surface area contributed by atoms with Crippen LogP contribution in [-0.4, -0.2) is 23.5 Å². The highest BCUT2D eigenvalue weighted by Gasteiger charge is 2.19. The van der Waals surface area contributed by atoms with Crippen LogP contribution in [0.2, 0.25) is 0 Å². The molecule has 0 aliphatic heterocycles. The highest BCUT2D eigenvalue weighted by molar-refractivity contribution is 5.86. The summed E-state index contributed by atoms with van der Waals surface area (Å²) in [5, 5.41) is 4.16. The lowest BCUT2D eigenvalue weighted by Crippen LogP contribution is -2.43. The molecule has 1 aromatic carbocycles. The highest BCUT2D eigenvalue weighted by atomic mass is 35.5. The van der Waals surface area contributed by atoms with Crippen molar-refractivity contribution in [2.75, 3.05) is 6.54 Å². The number of hydrogen-bond acceptors (Lipinski definition) is 2. The smallest absolute Gasteiger partial charge is 0.237 e. The minimum atomic E-state index is -0.481. The van der Waals surface area contributed by atoms with Crippen LogP contribution in [0.15, 0.2) is 30.5 Å². The molecule has 0 radical (unpaired) electrons. The number of para-hydroxylation sites is 1. The quantitative estimate of drug-likeness (QED) is 0.792. The predicted octanol–water partition coefficient (Wildman–Crippen LogP) is 2.77. The number of carbonyl (C=O) groups excluding carboxylic acids is 1. The van der Waals surface area contributed by atoms with E-state index in [4.69, 9.17) is 5.73 Å². The molecule has 4 nitrogen and oxygen atoms in total. The summed E-state index contributed by atoms with van der Waals surface area (Å²) in [7, 11) is 0. The third-order valence-electron chi connectivity index (χ3n) is 4.49. The van der Waals surface area contributed by atoms with E-state index in [1.807, 2.05) is 24.4 Å². The van der Waals surface area contributed by atoms with Crippen LogP contribution in [0.25, 0.3) is 10.9 Å². The number of carbonyl (C=O) groups is 1. The van der Waals surface area contributed by atoms with Crippen LogP contribution < -0.4 is 11.1 Å². The van der Waals surface area contributed by atoms with Gasteiger partial charge in [-0.3, -0.25) is 4.79 Å². The van der Waals surface area contributed by atoms with Gasteiger partial charge in [0, 0.05) is 23.6 Å². The van der Waals surface area contributed by atoms with Crippen molar-refractivity contribution < 1.29 is 4.79 Å². The molecule has 1 aliphatic rings. The second kappa shape index (κ2) is 7.65. The average Bonchev–Trinajstić information content (AvgIpc) is 3.15. The molecule has 1 amide bonds. The maximum absolute atomic E-state index is 12.1. The molecule has 2 aromatic rings. The largest absolute Gasteiger partial charge is 0.361 e. The van der Waals surface area contributed by atoms with E-state index in [-0.39, 0.29) is 18.3 Å². The Bertz CT molecular complexity index is 619. The normalized spacial score (nSPS) is 16.4. The molecule has 0 bridgehead atoms. The Balaban J connectivity index is 0.00000176. The molecule has 0 spiro atoms. The maximum atomic E-state index is 12.1. The summed E-state index contributed by atoms with van der Waals surface area (Å²) in [4.78, 5) is 15.3. The van der Waals surface area contributed by atoms with Crippen molar-refractivity contribution in [3.63, 3.8) is 0 Å². The molecule has 120 valence electrons. The number of amides is 1. The number of H-pyrrole nitrogens is 1. The van der Waals surface area contributed by atoms with Gasteiger partial charge in [-0.1, -0.05) is 31.0 Å². The fraction of sp³-hybridized carbons (Fsp3) is 0.471. The summed E-state index contributed by atoms with van der Waals surface area (Å²) < 4.78 is 0. The van der Waals surface area contributed by atoms with Crippen molar-refractivity contribution in [1.82, 2.24) is 10.3 Å². The van der Waals surface area contributed by atoms with Crippen molar-refractivity contribution in [3.8, 4) is 0 Å². The summed E-state index contributed by atoms with van der Waals surface area (Å²) in [6.07, 6.45) is 7.58. The molecule has 0 unspecified atom stereocenters. The van der Waals surface area contributed by atoms with Crippen molar-refractivity contribution in [1.29, 1.82) is 0 Å². The lowest BCUT2D eigenvalue weighted by Gasteiger charge is -2.14. The Morgan fingerprint density at radius 3 is 2.82 bits per heavy atom. The monoisotopic (exact) mass is 321 g/mol. The third kappa shape index (κ3) is 3.81. The van der Waals surface area contributed by atoms with Gasteiger partial charge in [0.2, 0.25) is 5.91 Å². The van der Waals surface area contributed by atoms with Gasteiger partial charge in [-0.15, -0.1) is 12.4 Å². The zero-order chi connectivity index (χ0) is 14.7. The maximum Gasteiger partial charge on any atom is 0.237 e. The Morgan fingerprint density at radius 2 is 2.05 bits per heavy atom. The van der Waals surface area contributed by atoms with E-state index in [0.717, 1.165) is 23.0 Å². The number of rotatable bonds is 5. The highest BCUT2D eigenvalue weighted by Crippen LogP contribution is 2.23. The van der Waals surface area contributed by atoms with E-state index in [0.29, 0.717) is 12.3 Å². The Hall–Kier alpha value is -1.52. The van der Waals surface area contributed by atoms with Gasteiger partial charge in [-0.05, 0) is 36.8 Å². The van der Waals surface area contributed by atoms with Gasteiger partial charge < -0.3 is 16.0 Å². The van der Waals surface area contributed by atoms with Gasteiger partial charge in [-0.2, -0.15) is 0 Å². The minimum absolute atomic E-state index is 0. The standard InChI is InChI=1S/C17H23N3O.ClH/c18-15(17(21)20-10-12-5-1-2-6-12)9-13-11-19-16-8-4-3-7-14(13)16;/h3-4,7-8,11-12,15,19H,1-2,5-6,9-10,18H2,(H,20,21);1H/t15-;/m0./s1. The number of aromatic nitrogens is 1. The first kappa shape index (κ1) is 16.8. The number of hydrogen-bond donors (Lipinski definition) is 3. The number of fused-ring (bicyclic) bond motifs is 1. The minimum Gasteiger partial charge on any atom is -0.361 e. The molecule has 1 aromatic heterocycles. The van der Waals surface area contributed by atoms with E-state index in [9.17, 15) is 4.79 Å². The number of nitrogens with one attached hydrogen (secondary N) is 2. The Morgan fingerprint density at radius 1 is 1.32 bits per heavy atom. The molecule has 1 aliphatic carbocycles. The van der Waals surface area contributed by atoms with Crippen molar-refractivity contribution in [2.24, 2.45) is 11.7 Å². The average molecular weight is 322 g/mol. The van der Waals surface area contributed by atoms with Gasteiger partial charge in [0.05, 0.1) is 6.04 Å². The second-order valence-electron chi connectivity index (χ2n) is 6.07.